The van der Waals surface area contributed by atoms with E-state index in [0.29, 0.717) is 6.54 Å². The molecule has 5 heteroatoms. The minimum atomic E-state index is -2.12. The summed E-state index contributed by atoms with van der Waals surface area (Å²) in [6.45, 7) is 4.59. The fourth-order valence-corrected chi connectivity index (χ4v) is 4.04. The smallest absolute Gasteiger partial charge is 0.339 e. The van der Waals surface area contributed by atoms with E-state index in [4.69, 9.17) is 20.3 Å². The third kappa shape index (κ3) is 3.03. The highest BCUT2D eigenvalue weighted by Crippen LogP contribution is 2.28. The molecule has 0 heterocycles. The third-order valence-electron chi connectivity index (χ3n) is 2.71. The lowest BCUT2D eigenvalue weighted by atomic mass is 10.2. The molecule has 2 atom stereocenters. The SMILES string of the molecule is CCC(C(N)CN)[Si](C)(OC)OC. The van der Waals surface area contributed by atoms with Gasteiger partial charge in [0.2, 0.25) is 0 Å². The standard InChI is InChI=1S/C8H22N2O2Si/c1-5-8(7(10)6-9)13(4,11-2)12-3/h7-8H,5-6,9-10H2,1-4H3. The number of rotatable bonds is 6. The van der Waals surface area contributed by atoms with Crippen LogP contribution in [0.25, 0.3) is 0 Å². The maximum absolute atomic E-state index is 5.91. The highest BCUT2D eigenvalue weighted by atomic mass is 28.4. The van der Waals surface area contributed by atoms with Gasteiger partial charge in [-0.05, 0) is 13.0 Å². The van der Waals surface area contributed by atoms with Crippen molar-refractivity contribution in [1.29, 1.82) is 0 Å². The lowest BCUT2D eigenvalue weighted by molar-refractivity contribution is 0.228. The first-order valence-electron chi connectivity index (χ1n) is 4.61. The molecule has 0 radical (unpaired) electrons. The molecule has 0 spiro atoms. The third-order valence-corrected chi connectivity index (χ3v) is 6.52. The van der Waals surface area contributed by atoms with Gasteiger partial charge in [0.15, 0.2) is 0 Å². The van der Waals surface area contributed by atoms with Gasteiger partial charge in [-0.2, -0.15) is 0 Å². The van der Waals surface area contributed by atoms with Crippen LogP contribution in [0.2, 0.25) is 12.1 Å². The van der Waals surface area contributed by atoms with Crippen LogP contribution >= 0.6 is 0 Å². The van der Waals surface area contributed by atoms with Gasteiger partial charge in [0.1, 0.15) is 0 Å². The van der Waals surface area contributed by atoms with E-state index in [2.05, 4.69) is 6.92 Å². The average molecular weight is 206 g/mol. The van der Waals surface area contributed by atoms with E-state index in [-0.39, 0.29) is 11.6 Å². The zero-order valence-corrected chi connectivity index (χ0v) is 10.0. The Morgan fingerprint density at radius 1 is 1.31 bits per heavy atom. The molecular formula is C8H22N2O2Si. The number of nitrogens with two attached hydrogens (primary N) is 2. The zero-order valence-electron chi connectivity index (χ0n) is 9.04. The van der Waals surface area contributed by atoms with Crippen LogP contribution in [-0.4, -0.2) is 35.4 Å². The summed E-state index contributed by atoms with van der Waals surface area (Å²) in [6.07, 6.45) is 0.947. The van der Waals surface area contributed by atoms with Crippen molar-refractivity contribution in [1.82, 2.24) is 0 Å². The molecule has 0 saturated heterocycles. The molecule has 0 aromatic carbocycles. The van der Waals surface area contributed by atoms with Gasteiger partial charge >= 0.3 is 8.56 Å². The molecule has 0 fully saturated rings. The second-order valence-corrected chi connectivity index (χ2v) is 6.93. The van der Waals surface area contributed by atoms with Gasteiger partial charge in [0, 0.05) is 32.3 Å². The van der Waals surface area contributed by atoms with Crippen LogP contribution in [0, 0.1) is 0 Å². The van der Waals surface area contributed by atoms with Crippen LogP contribution in [0.4, 0.5) is 0 Å². The van der Waals surface area contributed by atoms with Gasteiger partial charge in [-0.15, -0.1) is 0 Å². The highest BCUT2D eigenvalue weighted by molar-refractivity contribution is 6.67. The largest absolute Gasteiger partial charge is 0.398 e. The predicted octanol–water partition coefficient (Wildman–Crippen LogP) is 0.417. The minimum absolute atomic E-state index is 0.0263. The lowest BCUT2D eigenvalue weighted by Gasteiger charge is -2.34. The maximum Gasteiger partial charge on any atom is 0.339 e. The summed E-state index contributed by atoms with van der Waals surface area (Å²) in [7, 11) is 1.25. The maximum atomic E-state index is 5.91. The first kappa shape index (κ1) is 13.1. The molecule has 0 aliphatic carbocycles. The van der Waals surface area contributed by atoms with Crippen LogP contribution < -0.4 is 11.5 Å². The second-order valence-electron chi connectivity index (χ2n) is 3.34. The Bertz CT molecular complexity index is 142. The molecule has 0 saturated carbocycles. The van der Waals surface area contributed by atoms with Crippen LogP contribution in [0.5, 0.6) is 0 Å². The minimum Gasteiger partial charge on any atom is -0.398 e. The molecule has 4 nitrogen and oxygen atoms in total. The Morgan fingerprint density at radius 2 is 1.77 bits per heavy atom. The van der Waals surface area contributed by atoms with Gasteiger partial charge in [0.05, 0.1) is 0 Å². The summed E-state index contributed by atoms with van der Waals surface area (Å²) in [4.78, 5) is 0. The summed E-state index contributed by atoms with van der Waals surface area (Å²) in [5.41, 5.74) is 11.7. The molecule has 0 aromatic heterocycles. The van der Waals surface area contributed by atoms with E-state index in [1.54, 1.807) is 14.2 Å². The predicted molar refractivity (Wildman–Crippen MR) is 56.7 cm³/mol. The highest BCUT2D eigenvalue weighted by Gasteiger charge is 2.41. The second kappa shape index (κ2) is 5.72. The topological polar surface area (TPSA) is 70.5 Å². The summed E-state index contributed by atoms with van der Waals surface area (Å²) in [5.74, 6) is 0. The molecule has 0 aliphatic heterocycles. The average Bonchev–Trinajstić information content (AvgIpc) is 2.18. The Morgan fingerprint density at radius 3 is 2.00 bits per heavy atom. The van der Waals surface area contributed by atoms with Crippen LogP contribution in [0.1, 0.15) is 13.3 Å². The Labute approximate surface area is 81.8 Å². The Hall–Kier alpha value is 0.0569. The lowest BCUT2D eigenvalue weighted by Crippen LogP contribution is -2.51. The molecule has 2 unspecified atom stereocenters. The van der Waals surface area contributed by atoms with Crippen LogP contribution in [-0.2, 0) is 8.85 Å². The molecular weight excluding hydrogens is 184 g/mol. The van der Waals surface area contributed by atoms with Crippen molar-refractivity contribution in [3.63, 3.8) is 0 Å². The van der Waals surface area contributed by atoms with Crippen LogP contribution in [0.15, 0.2) is 0 Å². The van der Waals surface area contributed by atoms with Crippen molar-refractivity contribution in [2.45, 2.75) is 31.5 Å². The van der Waals surface area contributed by atoms with Gasteiger partial charge in [-0.3, -0.25) is 0 Å². The zero-order chi connectivity index (χ0) is 10.5. The van der Waals surface area contributed by atoms with Crippen molar-refractivity contribution in [2.24, 2.45) is 11.5 Å². The molecule has 80 valence electrons. The number of hydrogen-bond acceptors (Lipinski definition) is 4. The van der Waals surface area contributed by atoms with E-state index in [9.17, 15) is 0 Å². The quantitative estimate of drug-likeness (QED) is 0.618. The molecule has 0 rings (SSSR count). The van der Waals surface area contributed by atoms with Crippen molar-refractivity contribution in [2.75, 3.05) is 20.8 Å². The molecule has 0 aromatic rings. The van der Waals surface area contributed by atoms with Crippen molar-refractivity contribution < 1.29 is 8.85 Å². The van der Waals surface area contributed by atoms with Crippen LogP contribution in [0.3, 0.4) is 0 Å². The molecule has 0 bridgehead atoms. The normalized spacial score (nSPS) is 17.1. The fraction of sp³-hybridized carbons (Fsp3) is 1.00. The molecule has 0 amide bonds. The molecule has 0 aliphatic rings. The fourth-order valence-electron chi connectivity index (χ4n) is 1.61. The monoisotopic (exact) mass is 206 g/mol. The van der Waals surface area contributed by atoms with Crippen molar-refractivity contribution in [3.05, 3.63) is 0 Å². The summed E-state index contributed by atoms with van der Waals surface area (Å²) >= 11 is 0. The Kier molecular flexibility index (Phi) is 5.74. The number of hydrogen-bond donors (Lipinski definition) is 2. The summed E-state index contributed by atoms with van der Waals surface area (Å²) in [5, 5.41) is 0. The van der Waals surface area contributed by atoms with E-state index < -0.39 is 8.56 Å². The van der Waals surface area contributed by atoms with Gasteiger partial charge < -0.3 is 20.3 Å². The molecule has 4 N–H and O–H groups in total. The van der Waals surface area contributed by atoms with Crippen molar-refractivity contribution >= 4 is 8.56 Å². The summed E-state index contributed by atoms with van der Waals surface area (Å²) < 4.78 is 10.9. The summed E-state index contributed by atoms with van der Waals surface area (Å²) in [6, 6.07) is -0.0263. The van der Waals surface area contributed by atoms with E-state index in [0.717, 1.165) is 6.42 Å². The van der Waals surface area contributed by atoms with Gasteiger partial charge in [-0.1, -0.05) is 6.92 Å². The van der Waals surface area contributed by atoms with Gasteiger partial charge in [0.25, 0.3) is 0 Å². The first-order valence-corrected chi connectivity index (χ1v) is 7.01. The van der Waals surface area contributed by atoms with E-state index in [1.165, 1.54) is 0 Å². The van der Waals surface area contributed by atoms with Crippen molar-refractivity contribution in [3.8, 4) is 0 Å². The van der Waals surface area contributed by atoms with Gasteiger partial charge in [-0.25, -0.2) is 0 Å². The first-order chi connectivity index (χ1) is 6.05. The van der Waals surface area contributed by atoms with E-state index >= 15 is 0 Å². The molecule has 13 heavy (non-hydrogen) atoms. The Balaban J connectivity index is 4.51. The van der Waals surface area contributed by atoms with E-state index in [1.807, 2.05) is 6.55 Å².